The van der Waals surface area contributed by atoms with Gasteiger partial charge in [-0.15, -0.1) is 0 Å². The Morgan fingerprint density at radius 2 is 1.94 bits per heavy atom. The summed E-state index contributed by atoms with van der Waals surface area (Å²) in [7, 11) is 0. The summed E-state index contributed by atoms with van der Waals surface area (Å²) in [6, 6.07) is 6.70. The van der Waals surface area contributed by atoms with Crippen molar-refractivity contribution >= 4 is 0 Å². The summed E-state index contributed by atoms with van der Waals surface area (Å²) in [5.74, 6) is -0.386. The molecular weight excluding hydrogens is 214 g/mol. The molecule has 2 rings (SSSR count). The van der Waals surface area contributed by atoms with Gasteiger partial charge in [-0.2, -0.15) is 5.10 Å². The minimum atomic E-state index is -0.788. The van der Waals surface area contributed by atoms with Crippen LogP contribution in [0.4, 0.5) is 8.78 Å². The highest BCUT2D eigenvalue weighted by molar-refractivity contribution is 5.65. The average molecular weight is 222 g/mol. The number of rotatable bonds is 2. The van der Waals surface area contributed by atoms with E-state index in [1.807, 2.05) is 0 Å². The zero-order chi connectivity index (χ0) is 11.5. The topological polar surface area (TPSA) is 45.8 Å². The first kappa shape index (κ1) is 10.5. The molecule has 16 heavy (non-hydrogen) atoms. The largest absolute Gasteiger partial charge is 0.268 e. The molecule has 1 aromatic carbocycles. The van der Waals surface area contributed by atoms with Crippen molar-refractivity contribution in [1.29, 1.82) is 0 Å². The molecule has 0 aliphatic carbocycles. The van der Waals surface area contributed by atoms with Gasteiger partial charge in [0.05, 0.1) is 5.69 Å². The van der Waals surface area contributed by atoms with Crippen LogP contribution in [-0.2, 0) is 6.67 Å². The van der Waals surface area contributed by atoms with Crippen LogP contribution in [0.5, 0.6) is 0 Å². The average Bonchev–Trinajstić information content (AvgIpc) is 2.30. The van der Waals surface area contributed by atoms with Gasteiger partial charge in [0, 0.05) is 11.6 Å². The van der Waals surface area contributed by atoms with Crippen LogP contribution < -0.4 is 5.56 Å². The van der Waals surface area contributed by atoms with Crippen molar-refractivity contribution < 1.29 is 8.78 Å². The first-order valence-electron chi connectivity index (χ1n) is 4.61. The number of aromatic amines is 1. The molecule has 1 heterocycles. The van der Waals surface area contributed by atoms with Gasteiger partial charge >= 0.3 is 0 Å². The maximum atomic E-state index is 12.7. The van der Waals surface area contributed by atoms with E-state index in [0.717, 1.165) is 0 Å². The van der Waals surface area contributed by atoms with E-state index in [0.29, 0.717) is 11.1 Å². The highest BCUT2D eigenvalue weighted by Crippen LogP contribution is 2.21. The third-order valence-electron chi connectivity index (χ3n) is 2.17. The highest BCUT2D eigenvalue weighted by Gasteiger charge is 2.07. The molecule has 0 saturated carbocycles. The van der Waals surface area contributed by atoms with Crippen molar-refractivity contribution in [2.45, 2.75) is 6.67 Å². The van der Waals surface area contributed by atoms with Gasteiger partial charge in [-0.05, 0) is 17.7 Å². The lowest BCUT2D eigenvalue weighted by Crippen LogP contribution is -2.09. The number of hydrogen-bond donors (Lipinski definition) is 1. The lowest BCUT2D eigenvalue weighted by molar-refractivity contribution is 0.472. The SMILES string of the molecule is O=c1cc(-c2ccc(F)cc2)c(CF)n[nH]1. The second kappa shape index (κ2) is 4.22. The number of aromatic nitrogens is 2. The van der Waals surface area contributed by atoms with Gasteiger partial charge in [0.1, 0.15) is 12.5 Å². The van der Waals surface area contributed by atoms with Gasteiger partial charge in [-0.25, -0.2) is 13.9 Å². The summed E-state index contributed by atoms with van der Waals surface area (Å²) in [5.41, 5.74) is 0.654. The molecule has 3 nitrogen and oxygen atoms in total. The number of benzene rings is 1. The van der Waals surface area contributed by atoms with Gasteiger partial charge in [-0.1, -0.05) is 12.1 Å². The second-order valence-electron chi connectivity index (χ2n) is 3.23. The van der Waals surface area contributed by atoms with E-state index in [1.165, 1.54) is 30.3 Å². The van der Waals surface area contributed by atoms with E-state index in [1.54, 1.807) is 0 Å². The Bertz CT molecular complexity index is 549. The number of hydrogen-bond acceptors (Lipinski definition) is 2. The Labute approximate surface area is 89.8 Å². The molecule has 1 N–H and O–H groups in total. The van der Waals surface area contributed by atoms with Crippen LogP contribution in [-0.4, -0.2) is 10.2 Å². The van der Waals surface area contributed by atoms with E-state index < -0.39 is 12.2 Å². The lowest BCUT2D eigenvalue weighted by Gasteiger charge is -2.04. The Morgan fingerprint density at radius 1 is 1.25 bits per heavy atom. The van der Waals surface area contributed by atoms with Gasteiger partial charge < -0.3 is 0 Å². The normalized spacial score (nSPS) is 10.4. The number of halogens is 2. The van der Waals surface area contributed by atoms with Crippen LogP contribution in [0.25, 0.3) is 11.1 Å². The van der Waals surface area contributed by atoms with Gasteiger partial charge in [0.2, 0.25) is 0 Å². The first-order chi connectivity index (χ1) is 7.70. The van der Waals surface area contributed by atoms with Gasteiger partial charge in [0.25, 0.3) is 5.56 Å². The predicted molar refractivity (Wildman–Crippen MR) is 55.1 cm³/mol. The molecule has 0 radical (unpaired) electrons. The van der Waals surface area contributed by atoms with E-state index in [9.17, 15) is 13.6 Å². The number of H-pyrrole nitrogens is 1. The van der Waals surface area contributed by atoms with Crippen molar-refractivity contribution in [2.75, 3.05) is 0 Å². The van der Waals surface area contributed by atoms with Crippen molar-refractivity contribution in [3.05, 3.63) is 52.2 Å². The molecular formula is C11H8F2N2O. The quantitative estimate of drug-likeness (QED) is 0.845. The zero-order valence-electron chi connectivity index (χ0n) is 8.21. The molecule has 0 aliphatic rings. The Morgan fingerprint density at radius 3 is 2.56 bits per heavy atom. The number of nitrogens with one attached hydrogen (secondary N) is 1. The Balaban J connectivity index is 2.58. The van der Waals surface area contributed by atoms with Crippen LogP contribution in [0.15, 0.2) is 35.1 Å². The molecule has 2 aromatic rings. The molecule has 0 fully saturated rings. The fourth-order valence-corrected chi connectivity index (χ4v) is 1.41. The first-order valence-corrected chi connectivity index (χ1v) is 4.61. The maximum Gasteiger partial charge on any atom is 0.264 e. The molecule has 0 amide bonds. The minimum Gasteiger partial charge on any atom is -0.268 e. The van der Waals surface area contributed by atoms with Crippen molar-refractivity contribution in [3.8, 4) is 11.1 Å². The second-order valence-corrected chi connectivity index (χ2v) is 3.23. The molecule has 1 aromatic heterocycles. The number of nitrogens with zero attached hydrogens (tertiary/aromatic N) is 1. The van der Waals surface area contributed by atoms with E-state index in [2.05, 4.69) is 10.2 Å². The third-order valence-corrected chi connectivity index (χ3v) is 2.17. The van der Waals surface area contributed by atoms with Crippen LogP contribution in [0.2, 0.25) is 0 Å². The summed E-state index contributed by atoms with van der Waals surface area (Å²) in [5, 5.41) is 5.74. The fourth-order valence-electron chi connectivity index (χ4n) is 1.41. The van der Waals surface area contributed by atoms with Crippen LogP contribution >= 0.6 is 0 Å². The lowest BCUT2D eigenvalue weighted by atomic mass is 10.1. The van der Waals surface area contributed by atoms with Crippen molar-refractivity contribution in [2.24, 2.45) is 0 Å². The van der Waals surface area contributed by atoms with E-state index in [4.69, 9.17) is 0 Å². The molecule has 0 unspecified atom stereocenters. The smallest absolute Gasteiger partial charge is 0.264 e. The fraction of sp³-hybridized carbons (Fsp3) is 0.0909. The summed E-state index contributed by atoms with van der Waals surface area (Å²) >= 11 is 0. The number of alkyl halides is 1. The summed E-state index contributed by atoms with van der Waals surface area (Å²) < 4.78 is 25.3. The molecule has 0 bridgehead atoms. The maximum absolute atomic E-state index is 12.7. The van der Waals surface area contributed by atoms with Gasteiger partial charge in [-0.3, -0.25) is 4.79 Å². The molecule has 0 atom stereocenters. The summed E-state index contributed by atoms with van der Waals surface area (Å²) in [6.45, 7) is -0.788. The highest BCUT2D eigenvalue weighted by atomic mass is 19.1. The predicted octanol–water partition coefficient (Wildman–Crippen LogP) is 2.05. The van der Waals surface area contributed by atoms with Crippen LogP contribution in [0.3, 0.4) is 0 Å². The zero-order valence-corrected chi connectivity index (χ0v) is 8.21. The van der Waals surface area contributed by atoms with Gasteiger partial charge in [0.15, 0.2) is 0 Å². The van der Waals surface area contributed by atoms with E-state index >= 15 is 0 Å². The van der Waals surface area contributed by atoms with E-state index in [-0.39, 0.29) is 11.5 Å². The summed E-state index contributed by atoms with van der Waals surface area (Å²) in [4.78, 5) is 11.1. The standard InChI is InChI=1S/C11H8F2N2O/c12-6-10-9(5-11(16)15-14-10)7-1-3-8(13)4-2-7/h1-5H,6H2,(H,15,16). The molecule has 0 spiro atoms. The van der Waals surface area contributed by atoms with Crippen LogP contribution in [0, 0.1) is 5.82 Å². The third kappa shape index (κ3) is 1.98. The minimum absolute atomic E-state index is 0.131. The van der Waals surface area contributed by atoms with Crippen LogP contribution in [0.1, 0.15) is 5.69 Å². The molecule has 0 aliphatic heterocycles. The van der Waals surface area contributed by atoms with Crippen molar-refractivity contribution in [3.63, 3.8) is 0 Å². The molecule has 5 heteroatoms. The molecule has 82 valence electrons. The van der Waals surface area contributed by atoms with Crippen molar-refractivity contribution in [1.82, 2.24) is 10.2 Å². The Kier molecular flexibility index (Phi) is 2.76. The summed E-state index contributed by atoms with van der Waals surface area (Å²) in [6.07, 6.45) is 0. The Hall–Kier alpha value is -2.04. The monoisotopic (exact) mass is 222 g/mol. The molecule has 0 saturated heterocycles.